The van der Waals surface area contributed by atoms with Gasteiger partial charge in [0.05, 0.1) is 25.9 Å². The molecule has 0 unspecified atom stereocenters. The molecule has 2 N–H and O–H groups in total. The lowest BCUT2D eigenvalue weighted by Gasteiger charge is -2.29. The molecule has 7 heteroatoms. The van der Waals surface area contributed by atoms with E-state index < -0.39 is 0 Å². The second kappa shape index (κ2) is 7.90. The normalized spacial score (nSPS) is 23.9. The Morgan fingerprint density at radius 3 is 2.96 bits per heavy atom. The topological polar surface area (TPSA) is 73.8 Å². The third-order valence-electron chi connectivity index (χ3n) is 4.56. The van der Waals surface area contributed by atoms with Gasteiger partial charge in [0.25, 0.3) is 0 Å². The highest BCUT2D eigenvalue weighted by Gasteiger charge is 2.25. The lowest BCUT2D eigenvalue weighted by Crippen LogP contribution is -2.42. The van der Waals surface area contributed by atoms with Crippen molar-refractivity contribution in [2.45, 2.75) is 31.8 Å². The number of rotatable bonds is 6. The number of ether oxygens (including phenoxy) is 1. The predicted octanol–water partition coefficient (Wildman–Crippen LogP) is 0.570. The second-order valence-corrected chi connectivity index (χ2v) is 6.39. The molecule has 2 fully saturated rings. The molecule has 0 bridgehead atoms. The van der Waals surface area contributed by atoms with E-state index >= 15 is 0 Å². The molecule has 3 heterocycles. The van der Waals surface area contributed by atoms with Gasteiger partial charge in [-0.25, -0.2) is 9.97 Å². The van der Waals surface area contributed by atoms with Gasteiger partial charge in [0, 0.05) is 38.3 Å². The number of nitrogens with zero attached hydrogens (tertiary/aromatic N) is 4. The largest absolute Gasteiger partial charge is 0.394 e. The van der Waals surface area contributed by atoms with Crippen LogP contribution < -0.4 is 10.2 Å². The molecule has 1 aromatic heterocycles. The zero-order chi connectivity index (χ0) is 16.1. The number of nitrogens with one attached hydrogen (secondary N) is 1. The summed E-state index contributed by atoms with van der Waals surface area (Å²) in [5.74, 6) is 1.75. The molecule has 128 valence electrons. The lowest BCUT2D eigenvalue weighted by molar-refractivity contribution is 0.0368. The highest BCUT2D eigenvalue weighted by Crippen LogP contribution is 2.24. The van der Waals surface area contributed by atoms with Crippen LogP contribution in [0.4, 0.5) is 11.6 Å². The Bertz CT molecular complexity index is 495. The molecule has 2 atom stereocenters. The molecule has 0 saturated carbocycles. The second-order valence-electron chi connectivity index (χ2n) is 6.39. The van der Waals surface area contributed by atoms with E-state index in [-0.39, 0.29) is 12.6 Å². The monoisotopic (exact) mass is 321 g/mol. The first kappa shape index (κ1) is 16.4. The molecule has 0 aliphatic carbocycles. The number of hydrogen-bond donors (Lipinski definition) is 2. The van der Waals surface area contributed by atoms with E-state index in [1.807, 2.05) is 6.07 Å². The van der Waals surface area contributed by atoms with Gasteiger partial charge < -0.3 is 20.1 Å². The van der Waals surface area contributed by atoms with E-state index in [0.717, 1.165) is 63.9 Å². The molecule has 0 aromatic carbocycles. The number of hydrogen-bond acceptors (Lipinski definition) is 7. The van der Waals surface area contributed by atoms with Crippen LogP contribution in [0.5, 0.6) is 0 Å². The van der Waals surface area contributed by atoms with Crippen LogP contribution in [0.15, 0.2) is 12.4 Å². The first-order valence-electron chi connectivity index (χ1n) is 8.52. The van der Waals surface area contributed by atoms with E-state index in [1.54, 1.807) is 6.33 Å². The van der Waals surface area contributed by atoms with Gasteiger partial charge >= 0.3 is 0 Å². The Labute approximate surface area is 137 Å². The minimum absolute atomic E-state index is 0.181. The van der Waals surface area contributed by atoms with Crippen molar-refractivity contribution in [3.63, 3.8) is 0 Å². The van der Waals surface area contributed by atoms with Gasteiger partial charge in [-0.3, -0.25) is 4.90 Å². The number of anilines is 2. The number of aliphatic hydroxyl groups is 1. The van der Waals surface area contributed by atoms with Crippen molar-refractivity contribution in [3.8, 4) is 0 Å². The van der Waals surface area contributed by atoms with Gasteiger partial charge in [-0.05, 0) is 19.8 Å². The minimum atomic E-state index is 0.181. The maximum Gasteiger partial charge on any atom is 0.134 e. The molecule has 23 heavy (non-hydrogen) atoms. The van der Waals surface area contributed by atoms with Crippen molar-refractivity contribution < 1.29 is 9.84 Å². The van der Waals surface area contributed by atoms with Crippen LogP contribution in [-0.2, 0) is 4.74 Å². The summed E-state index contributed by atoms with van der Waals surface area (Å²) >= 11 is 0. The maximum atomic E-state index is 9.48. The lowest BCUT2D eigenvalue weighted by atomic mass is 10.2. The average Bonchev–Trinajstić information content (AvgIpc) is 3.04. The van der Waals surface area contributed by atoms with Crippen molar-refractivity contribution in [2.75, 3.05) is 56.2 Å². The molecular formula is C16H27N5O2. The van der Waals surface area contributed by atoms with Crippen LogP contribution in [0.2, 0.25) is 0 Å². The van der Waals surface area contributed by atoms with Gasteiger partial charge in [-0.15, -0.1) is 0 Å². The summed E-state index contributed by atoms with van der Waals surface area (Å²) in [6.07, 6.45) is 3.73. The fourth-order valence-electron chi connectivity index (χ4n) is 3.38. The smallest absolute Gasteiger partial charge is 0.134 e. The molecule has 2 aliphatic rings. The fraction of sp³-hybridized carbons (Fsp3) is 0.750. The molecular weight excluding hydrogens is 294 g/mol. The average molecular weight is 321 g/mol. The molecule has 3 rings (SSSR count). The van der Waals surface area contributed by atoms with Crippen molar-refractivity contribution in [2.24, 2.45) is 0 Å². The van der Waals surface area contributed by atoms with Crippen LogP contribution in [0.1, 0.15) is 19.8 Å². The highest BCUT2D eigenvalue weighted by molar-refractivity contribution is 5.50. The fourth-order valence-corrected chi connectivity index (χ4v) is 3.38. The van der Waals surface area contributed by atoms with E-state index in [4.69, 9.17) is 4.74 Å². The van der Waals surface area contributed by atoms with Gasteiger partial charge in [0.2, 0.25) is 0 Å². The van der Waals surface area contributed by atoms with E-state index in [9.17, 15) is 5.11 Å². The first-order chi connectivity index (χ1) is 11.3. The van der Waals surface area contributed by atoms with Crippen LogP contribution >= 0.6 is 0 Å². The quantitative estimate of drug-likeness (QED) is 0.793. The van der Waals surface area contributed by atoms with E-state index in [1.165, 1.54) is 0 Å². The van der Waals surface area contributed by atoms with Crippen LogP contribution in [0.3, 0.4) is 0 Å². The minimum Gasteiger partial charge on any atom is -0.394 e. The third-order valence-corrected chi connectivity index (χ3v) is 4.56. The summed E-state index contributed by atoms with van der Waals surface area (Å²) < 4.78 is 5.38. The SMILES string of the molecule is C[C@H](CN1CCOCC1)Nc1cc(N2CCC[C@H]2CO)ncn1. The van der Waals surface area contributed by atoms with Crippen molar-refractivity contribution in [1.29, 1.82) is 0 Å². The van der Waals surface area contributed by atoms with Gasteiger partial charge in [-0.2, -0.15) is 0 Å². The first-order valence-corrected chi connectivity index (χ1v) is 8.52. The zero-order valence-corrected chi connectivity index (χ0v) is 13.8. The number of aliphatic hydroxyl groups excluding tert-OH is 1. The predicted molar refractivity (Wildman–Crippen MR) is 89.8 cm³/mol. The zero-order valence-electron chi connectivity index (χ0n) is 13.8. The van der Waals surface area contributed by atoms with Crippen LogP contribution in [-0.4, -0.2) is 78.1 Å². The molecule has 0 amide bonds. The Hall–Kier alpha value is -1.44. The van der Waals surface area contributed by atoms with E-state index in [0.29, 0.717) is 6.04 Å². The van der Waals surface area contributed by atoms with Crippen LogP contribution in [0.25, 0.3) is 0 Å². The third kappa shape index (κ3) is 4.31. The molecule has 1 aromatic rings. The summed E-state index contributed by atoms with van der Waals surface area (Å²) in [5, 5.41) is 12.9. The summed E-state index contributed by atoms with van der Waals surface area (Å²) in [6, 6.07) is 2.48. The number of morpholine rings is 1. The van der Waals surface area contributed by atoms with Crippen molar-refractivity contribution in [1.82, 2.24) is 14.9 Å². The maximum absolute atomic E-state index is 9.48. The summed E-state index contributed by atoms with van der Waals surface area (Å²) in [7, 11) is 0. The van der Waals surface area contributed by atoms with Crippen LogP contribution in [0, 0.1) is 0 Å². The molecule has 0 radical (unpaired) electrons. The standard InChI is InChI=1S/C16H27N5O2/c1-13(10-20-5-7-23-8-6-20)19-15-9-16(18-12-17-15)21-4-2-3-14(21)11-22/h9,12-14,22H,2-8,10-11H2,1H3,(H,17,18,19)/t13-,14+/m1/s1. The Morgan fingerprint density at radius 1 is 1.35 bits per heavy atom. The Balaban J connectivity index is 1.58. The highest BCUT2D eigenvalue weighted by atomic mass is 16.5. The van der Waals surface area contributed by atoms with Crippen molar-refractivity contribution >= 4 is 11.6 Å². The summed E-state index contributed by atoms with van der Waals surface area (Å²) in [5.41, 5.74) is 0. The van der Waals surface area contributed by atoms with Gasteiger partial charge in [-0.1, -0.05) is 0 Å². The summed E-state index contributed by atoms with van der Waals surface area (Å²) in [4.78, 5) is 13.3. The molecule has 2 aliphatic heterocycles. The van der Waals surface area contributed by atoms with Gasteiger partial charge in [0.1, 0.15) is 18.0 Å². The van der Waals surface area contributed by atoms with E-state index in [2.05, 4.69) is 32.0 Å². The van der Waals surface area contributed by atoms with Gasteiger partial charge in [0.15, 0.2) is 0 Å². The Morgan fingerprint density at radius 2 is 2.17 bits per heavy atom. The van der Waals surface area contributed by atoms with Crippen molar-refractivity contribution in [3.05, 3.63) is 12.4 Å². The molecule has 0 spiro atoms. The Kier molecular flexibility index (Phi) is 5.64. The molecule has 7 nitrogen and oxygen atoms in total. The number of aromatic nitrogens is 2. The molecule has 2 saturated heterocycles. The summed E-state index contributed by atoms with van der Waals surface area (Å²) in [6.45, 7) is 7.91.